The molecule has 0 spiro atoms. The van der Waals surface area contributed by atoms with E-state index in [2.05, 4.69) is 51.5 Å². The Morgan fingerprint density at radius 2 is 2.19 bits per heavy atom. The SMILES string of the molecule is CCN(CC)c1ccc(CNC(=NC)NCCCOCC2CCCO2)cn1. The maximum absolute atomic E-state index is 5.67. The van der Waals surface area contributed by atoms with Crippen molar-refractivity contribution in [2.75, 3.05) is 51.4 Å². The van der Waals surface area contributed by atoms with E-state index in [4.69, 9.17) is 9.47 Å². The number of rotatable bonds is 11. The van der Waals surface area contributed by atoms with Gasteiger partial charge in [-0.2, -0.15) is 0 Å². The summed E-state index contributed by atoms with van der Waals surface area (Å²) in [5.41, 5.74) is 1.13. The molecule has 0 radical (unpaired) electrons. The third-order valence-electron chi connectivity index (χ3n) is 4.67. The van der Waals surface area contributed by atoms with Crippen LogP contribution < -0.4 is 15.5 Å². The first-order chi connectivity index (χ1) is 13.3. The van der Waals surface area contributed by atoms with Gasteiger partial charge in [-0.3, -0.25) is 4.99 Å². The van der Waals surface area contributed by atoms with Crippen molar-refractivity contribution in [2.45, 2.75) is 45.8 Å². The molecule has 1 aliphatic heterocycles. The molecule has 2 heterocycles. The van der Waals surface area contributed by atoms with Crippen LogP contribution in [0.2, 0.25) is 0 Å². The number of nitrogens with zero attached hydrogens (tertiary/aromatic N) is 3. The van der Waals surface area contributed by atoms with Gasteiger partial charge >= 0.3 is 0 Å². The lowest BCUT2D eigenvalue weighted by atomic mass is 10.2. The van der Waals surface area contributed by atoms with Crippen molar-refractivity contribution in [2.24, 2.45) is 4.99 Å². The predicted octanol–water partition coefficient (Wildman–Crippen LogP) is 2.18. The molecule has 0 saturated carbocycles. The van der Waals surface area contributed by atoms with Gasteiger partial charge in [0.2, 0.25) is 0 Å². The summed E-state index contributed by atoms with van der Waals surface area (Å²) in [4.78, 5) is 11.0. The smallest absolute Gasteiger partial charge is 0.191 e. The molecule has 1 saturated heterocycles. The molecule has 1 unspecified atom stereocenters. The van der Waals surface area contributed by atoms with Crippen molar-refractivity contribution >= 4 is 11.8 Å². The second kappa shape index (κ2) is 12.5. The zero-order valence-electron chi connectivity index (χ0n) is 17.0. The van der Waals surface area contributed by atoms with E-state index in [0.717, 1.165) is 69.5 Å². The first kappa shape index (κ1) is 21.4. The Morgan fingerprint density at radius 3 is 2.81 bits per heavy atom. The highest BCUT2D eigenvalue weighted by Gasteiger charge is 2.14. The van der Waals surface area contributed by atoms with Gasteiger partial charge in [0.1, 0.15) is 5.82 Å². The summed E-state index contributed by atoms with van der Waals surface area (Å²) < 4.78 is 11.2. The van der Waals surface area contributed by atoms with E-state index in [9.17, 15) is 0 Å². The number of ether oxygens (including phenoxy) is 2. The van der Waals surface area contributed by atoms with Crippen LogP contribution >= 0.6 is 0 Å². The summed E-state index contributed by atoms with van der Waals surface area (Å²) in [7, 11) is 1.78. The lowest BCUT2D eigenvalue weighted by Crippen LogP contribution is -2.37. The van der Waals surface area contributed by atoms with Crippen LogP contribution in [0.3, 0.4) is 0 Å². The fraction of sp³-hybridized carbons (Fsp3) is 0.700. The molecule has 0 aliphatic carbocycles. The highest BCUT2D eigenvalue weighted by molar-refractivity contribution is 5.79. The molecule has 1 aromatic rings. The first-order valence-electron chi connectivity index (χ1n) is 10.1. The van der Waals surface area contributed by atoms with E-state index in [0.29, 0.717) is 19.3 Å². The molecule has 1 aromatic heterocycles. The molecule has 152 valence electrons. The summed E-state index contributed by atoms with van der Waals surface area (Å²) in [6, 6.07) is 4.19. The summed E-state index contributed by atoms with van der Waals surface area (Å²) in [6.45, 7) is 10.1. The first-order valence-corrected chi connectivity index (χ1v) is 10.1. The summed E-state index contributed by atoms with van der Waals surface area (Å²) >= 11 is 0. The number of aromatic nitrogens is 1. The van der Waals surface area contributed by atoms with E-state index in [1.165, 1.54) is 0 Å². The van der Waals surface area contributed by atoms with Gasteiger partial charge in [-0.1, -0.05) is 6.07 Å². The van der Waals surface area contributed by atoms with Gasteiger partial charge in [0.15, 0.2) is 5.96 Å². The molecule has 0 aromatic carbocycles. The van der Waals surface area contributed by atoms with Crippen LogP contribution in [0.25, 0.3) is 0 Å². The minimum absolute atomic E-state index is 0.300. The van der Waals surface area contributed by atoms with Gasteiger partial charge in [0.05, 0.1) is 12.7 Å². The maximum Gasteiger partial charge on any atom is 0.191 e. The Hall–Kier alpha value is -1.86. The highest BCUT2D eigenvalue weighted by atomic mass is 16.5. The van der Waals surface area contributed by atoms with Crippen LogP contribution in [0.5, 0.6) is 0 Å². The molecule has 1 atom stereocenters. The van der Waals surface area contributed by atoms with E-state index in [-0.39, 0.29) is 0 Å². The quantitative estimate of drug-likeness (QED) is 0.350. The monoisotopic (exact) mass is 377 g/mol. The average molecular weight is 378 g/mol. The molecule has 1 fully saturated rings. The minimum atomic E-state index is 0.300. The van der Waals surface area contributed by atoms with Gasteiger partial charge in [-0.05, 0) is 44.7 Å². The fourth-order valence-electron chi connectivity index (χ4n) is 3.03. The second-order valence-electron chi connectivity index (χ2n) is 6.61. The van der Waals surface area contributed by atoms with Crippen molar-refractivity contribution in [3.8, 4) is 0 Å². The number of guanidine groups is 1. The number of hydrogen-bond donors (Lipinski definition) is 2. The maximum atomic E-state index is 5.67. The average Bonchev–Trinajstić information content (AvgIpc) is 3.22. The Morgan fingerprint density at radius 1 is 1.33 bits per heavy atom. The van der Waals surface area contributed by atoms with Crippen LogP contribution in [0, 0.1) is 0 Å². The van der Waals surface area contributed by atoms with E-state index in [1.807, 2.05) is 6.20 Å². The fourth-order valence-corrected chi connectivity index (χ4v) is 3.03. The summed E-state index contributed by atoms with van der Waals surface area (Å²) in [6.07, 6.45) is 5.44. The lowest BCUT2D eigenvalue weighted by molar-refractivity contribution is 0.0168. The van der Waals surface area contributed by atoms with Gasteiger partial charge in [0, 0.05) is 52.6 Å². The number of anilines is 1. The Balaban J connectivity index is 1.60. The third-order valence-corrected chi connectivity index (χ3v) is 4.67. The van der Waals surface area contributed by atoms with E-state index in [1.54, 1.807) is 7.05 Å². The van der Waals surface area contributed by atoms with Crippen molar-refractivity contribution < 1.29 is 9.47 Å². The molecule has 1 aliphatic rings. The number of hydrogen-bond acceptors (Lipinski definition) is 5. The normalized spacial score (nSPS) is 17.1. The van der Waals surface area contributed by atoms with E-state index < -0.39 is 0 Å². The van der Waals surface area contributed by atoms with Gasteiger partial charge in [-0.15, -0.1) is 0 Å². The molecule has 27 heavy (non-hydrogen) atoms. The van der Waals surface area contributed by atoms with Crippen LogP contribution in [0.15, 0.2) is 23.3 Å². The predicted molar refractivity (Wildman–Crippen MR) is 110 cm³/mol. The molecule has 7 nitrogen and oxygen atoms in total. The Kier molecular flexibility index (Phi) is 9.94. The topological polar surface area (TPSA) is 71.0 Å². The molecule has 0 amide bonds. The standard InChI is InChI=1S/C20H35N5O2/c1-4-25(5-2)19-10-9-17(14-23-19)15-24-20(21-3)22-11-7-12-26-16-18-8-6-13-27-18/h9-10,14,18H,4-8,11-13,15-16H2,1-3H3,(H2,21,22,24). The minimum Gasteiger partial charge on any atom is -0.379 e. The van der Waals surface area contributed by atoms with Crippen molar-refractivity contribution in [3.05, 3.63) is 23.9 Å². The van der Waals surface area contributed by atoms with Crippen molar-refractivity contribution in [1.29, 1.82) is 0 Å². The lowest BCUT2D eigenvalue weighted by Gasteiger charge is -2.19. The van der Waals surface area contributed by atoms with Gasteiger partial charge < -0.3 is 25.0 Å². The van der Waals surface area contributed by atoms with Crippen LogP contribution in [0.4, 0.5) is 5.82 Å². The molecular weight excluding hydrogens is 342 g/mol. The number of aliphatic imine (C=N–C) groups is 1. The Bertz CT molecular complexity index is 540. The molecule has 7 heteroatoms. The second-order valence-corrected chi connectivity index (χ2v) is 6.61. The molecule has 2 N–H and O–H groups in total. The summed E-state index contributed by atoms with van der Waals surface area (Å²) in [5.74, 6) is 1.82. The van der Waals surface area contributed by atoms with Crippen LogP contribution in [0.1, 0.15) is 38.7 Å². The summed E-state index contributed by atoms with van der Waals surface area (Å²) in [5, 5.41) is 6.64. The van der Waals surface area contributed by atoms with E-state index >= 15 is 0 Å². The number of pyridine rings is 1. The van der Waals surface area contributed by atoms with Crippen molar-refractivity contribution in [3.63, 3.8) is 0 Å². The van der Waals surface area contributed by atoms with Crippen LogP contribution in [-0.2, 0) is 16.0 Å². The van der Waals surface area contributed by atoms with Gasteiger partial charge in [0.25, 0.3) is 0 Å². The Labute approximate surface area is 163 Å². The zero-order chi connectivity index (χ0) is 19.3. The molecule has 2 rings (SSSR count). The molecule has 0 bridgehead atoms. The number of nitrogens with one attached hydrogen (secondary N) is 2. The molecular formula is C20H35N5O2. The third kappa shape index (κ3) is 7.72. The van der Waals surface area contributed by atoms with Crippen molar-refractivity contribution in [1.82, 2.24) is 15.6 Å². The van der Waals surface area contributed by atoms with Crippen LogP contribution in [-0.4, -0.2) is 63.6 Å². The zero-order valence-corrected chi connectivity index (χ0v) is 17.0. The largest absolute Gasteiger partial charge is 0.379 e. The van der Waals surface area contributed by atoms with Gasteiger partial charge in [-0.25, -0.2) is 4.98 Å². The highest BCUT2D eigenvalue weighted by Crippen LogP contribution is 2.12.